The van der Waals surface area contributed by atoms with Gasteiger partial charge in [-0.05, 0) is 37.7 Å². The van der Waals surface area contributed by atoms with Crippen molar-refractivity contribution in [1.29, 1.82) is 0 Å². The lowest BCUT2D eigenvalue weighted by Crippen LogP contribution is -2.40. The third kappa shape index (κ3) is 2.53. The topological polar surface area (TPSA) is 46.2 Å². The lowest BCUT2D eigenvalue weighted by Gasteiger charge is -2.26. The van der Waals surface area contributed by atoms with Crippen LogP contribution in [0.4, 0.5) is 0 Å². The molecule has 3 nitrogen and oxygen atoms in total. The Morgan fingerprint density at radius 2 is 1.71 bits per heavy atom. The minimum absolute atomic E-state index is 0.0170. The zero-order valence-corrected chi connectivity index (χ0v) is 12.5. The molecule has 21 heavy (non-hydrogen) atoms. The third-order valence-corrected chi connectivity index (χ3v) is 4.89. The quantitative estimate of drug-likeness (QED) is 0.864. The molecular formula is C18H21NO2. The van der Waals surface area contributed by atoms with Crippen LogP contribution >= 0.6 is 0 Å². The van der Waals surface area contributed by atoms with E-state index in [0.29, 0.717) is 0 Å². The highest BCUT2D eigenvalue weighted by Gasteiger charge is 2.50. The average Bonchev–Trinajstić information content (AvgIpc) is 3.08. The summed E-state index contributed by atoms with van der Waals surface area (Å²) in [6.45, 7) is 3.60. The number of fused-ring (bicyclic) bond motifs is 2. The number of benzene rings is 1. The fraction of sp³-hybridized carbons (Fsp3) is 0.444. The number of nitrogens with one attached hydrogen (secondary N) is 1. The Morgan fingerprint density at radius 1 is 1.10 bits per heavy atom. The summed E-state index contributed by atoms with van der Waals surface area (Å²) in [6.07, 6.45) is 5.17. The molecule has 0 heterocycles. The fourth-order valence-electron chi connectivity index (χ4n) is 3.87. The predicted molar refractivity (Wildman–Crippen MR) is 81.4 cm³/mol. The van der Waals surface area contributed by atoms with Crippen LogP contribution in [-0.4, -0.2) is 11.7 Å². The highest BCUT2D eigenvalue weighted by Crippen LogP contribution is 2.48. The number of carbonyl (C=O) groups is 2. The molecular weight excluding hydrogens is 262 g/mol. The van der Waals surface area contributed by atoms with E-state index in [2.05, 4.69) is 17.5 Å². The highest BCUT2D eigenvalue weighted by atomic mass is 16.2. The van der Waals surface area contributed by atoms with E-state index in [-0.39, 0.29) is 41.4 Å². The lowest BCUT2D eigenvalue weighted by molar-refractivity contribution is -0.133. The van der Waals surface area contributed by atoms with E-state index >= 15 is 0 Å². The van der Waals surface area contributed by atoms with Gasteiger partial charge in [0.15, 0.2) is 0 Å². The van der Waals surface area contributed by atoms with Gasteiger partial charge in [0.05, 0.1) is 12.0 Å². The van der Waals surface area contributed by atoms with Crippen LogP contribution in [0.5, 0.6) is 0 Å². The van der Waals surface area contributed by atoms with Crippen LogP contribution in [0, 0.1) is 23.7 Å². The number of carbonyl (C=O) groups excluding carboxylic acids is 2. The van der Waals surface area contributed by atoms with E-state index in [1.807, 2.05) is 37.3 Å². The van der Waals surface area contributed by atoms with E-state index in [0.717, 1.165) is 12.0 Å². The lowest BCUT2D eigenvalue weighted by atomic mass is 9.80. The second-order valence-corrected chi connectivity index (χ2v) is 6.25. The Labute approximate surface area is 125 Å². The molecule has 0 aromatic heterocycles. The first-order chi connectivity index (χ1) is 10.1. The molecule has 0 radical (unpaired) electrons. The van der Waals surface area contributed by atoms with Crippen molar-refractivity contribution in [3.8, 4) is 0 Å². The molecule has 5 atom stereocenters. The maximum Gasteiger partial charge on any atom is 0.224 e. The number of allylic oxidation sites excluding steroid dienone is 2. The largest absolute Gasteiger partial charge is 0.349 e. The number of hydrogen-bond acceptors (Lipinski definition) is 2. The van der Waals surface area contributed by atoms with Gasteiger partial charge in [0.2, 0.25) is 5.91 Å². The van der Waals surface area contributed by atoms with E-state index < -0.39 is 0 Å². The van der Waals surface area contributed by atoms with E-state index in [4.69, 9.17) is 0 Å². The number of ketones is 1. The van der Waals surface area contributed by atoms with Crippen molar-refractivity contribution in [2.45, 2.75) is 26.3 Å². The summed E-state index contributed by atoms with van der Waals surface area (Å²) < 4.78 is 0. The van der Waals surface area contributed by atoms with Crippen molar-refractivity contribution in [3.63, 3.8) is 0 Å². The van der Waals surface area contributed by atoms with Crippen molar-refractivity contribution in [2.24, 2.45) is 23.7 Å². The van der Waals surface area contributed by atoms with Crippen molar-refractivity contribution in [3.05, 3.63) is 48.0 Å². The molecule has 2 aliphatic rings. The van der Waals surface area contributed by atoms with Crippen LogP contribution in [0.3, 0.4) is 0 Å². The average molecular weight is 283 g/mol. The molecule has 3 heteroatoms. The van der Waals surface area contributed by atoms with Crippen molar-refractivity contribution >= 4 is 11.7 Å². The molecule has 0 saturated heterocycles. The molecule has 1 fully saturated rings. The van der Waals surface area contributed by atoms with Crippen molar-refractivity contribution in [2.75, 3.05) is 0 Å². The maximum absolute atomic E-state index is 12.6. The molecule has 0 unspecified atom stereocenters. The van der Waals surface area contributed by atoms with E-state index in [9.17, 15) is 9.59 Å². The van der Waals surface area contributed by atoms with Crippen LogP contribution in [0.2, 0.25) is 0 Å². The maximum atomic E-state index is 12.6. The second-order valence-electron chi connectivity index (χ2n) is 6.25. The van der Waals surface area contributed by atoms with Crippen molar-refractivity contribution < 1.29 is 9.59 Å². The Bertz CT molecular complexity index is 578. The van der Waals surface area contributed by atoms with Crippen LogP contribution in [0.15, 0.2) is 42.5 Å². The molecule has 1 N–H and O–H groups in total. The van der Waals surface area contributed by atoms with Gasteiger partial charge in [0.1, 0.15) is 5.78 Å². The number of rotatable bonds is 4. The molecule has 1 amide bonds. The molecule has 3 rings (SSSR count). The Hall–Kier alpha value is -1.90. The van der Waals surface area contributed by atoms with Gasteiger partial charge in [0, 0.05) is 5.92 Å². The van der Waals surface area contributed by atoms with Gasteiger partial charge < -0.3 is 5.32 Å². The van der Waals surface area contributed by atoms with Gasteiger partial charge in [-0.15, -0.1) is 0 Å². The summed E-state index contributed by atoms with van der Waals surface area (Å²) in [5.74, 6) is 0.316. The van der Waals surface area contributed by atoms with Crippen LogP contribution in [-0.2, 0) is 9.59 Å². The minimum Gasteiger partial charge on any atom is -0.349 e. The molecule has 1 aromatic rings. The Balaban J connectivity index is 1.73. The standard InChI is InChI=1S/C18H21NO2/c1-11(13-6-4-3-5-7-13)19-18(21)17-15-9-8-14(10-15)16(17)12(2)20/h3-9,11,14-17H,10H2,1-2H3,(H,19,21)/t11-,14+,15-,16-,17-/m1/s1. The first-order valence-corrected chi connectivity index (χ1v) is 7.62. The minimum atomic E-state index is -0.191. The van der Waals surface area contributed by atoms with Gasteiger partial charge >= 0.3 is 0 Å². The third-order valence-electron chi connectivity index (χ3n) is 4.89. The number of amides is 1. The highest BCUT2D eigenvalue weighted by molar-refractivity contribution is 5.89. The van der Waals surface area contributed by atoms with Crippen LogP contribution < -0.4 is 5.32 Å². The molecule has 2 aliphatic carbocycles. The monoisotopic (exact) mass is 283 g/mol. The van der Waals surface area contributed by atoms with Crippen LogP contribution in [0.25, 0.3) is 0 Å². The zero-order valence-electron chi connectivity index (χ0n) is 12.5. The Kier molecular flexibility index (Phi) is 3.66. The second kappa shape index (κ2) is 5.47. The van der Waals surface area contributed by atoms with Gasteiger partial charge in [-0.3, -0.25) is 9.59 Å². The van der Waals surface area contributed by atoms with Gasteiger partial charge in [-0.1, -0.05) is 42.5 Å². The smallest absolute Gasteiger partial charge is 0.224 e. The normalized spacial score (nSPS) is 31.1. The summed E-state index contributed by atoms with van der Waals surface area (Å²) in [5.41, 5.74) is 1.09. The van der Waals surface area contributed by atoms with E-state index in [1.165, 1.54) is 0 Å². The zero-order chi connectivity index (χ0) is 15.0. The summed E-state index contributed by atoms with van der Waals surface area (Å²) >= 11 is 0. The summed E-state index contributed by atoms with van der Waals surface area (Å²) in [4.78, 5) is 24.5. The molecule has 110 valence electrons. The van der Waals surface area contributed by atoms with Gasteiger partial charge in [-0.25, -0.2) is 0 Å². The van der Waals surface area contributed by atoms with Crippen LogP contribution in [0.1, 0.15) is 31.9 Å². The van der Waals surface area contributed by atoms with E-state index in [1.54, 1.807) is 6.92 Å². The Morgan fingerprint density at radius 3 is 2.33 bits per heavy atom. The van der Waals surface area contributed by atoms with Crippen molar-refractivity contribution in [1.82, 2.24) is 5.32 Å². The predicted octanol–water partition coefficient (Wildman–Crippen LogP) is 2.89. The van der Waals surface area contributed by atoms with Gasteiger partial charge in [0.25, 0.3) is 0 Å². The molecule has 1 saturated carbocycles. The summed E-state index contributed by atoms with van der Waals surface area (Å²) in [7, 11) is 0. The molecule has 0 spiro atoms. The SMILES string of the molecule is CC(=O)[C@H]1[C@H](C(=O)N[C@H](C)c2ccccc2)[C@@H]2C=C[C@H]1C2. The first-order valence-electron chi connectivity index (χ1n) is 7.62. The first kappa shape index (κ1) is 14.1. The molecule has 0 aliphatic heterocycles. The molecule has 1 aromatic carbocycles. The summed E-state index contributed by atoms with van der Waals surface area (Å²) in [5, 5.41) is 3.08. The van der Waals surface area contributed by atoms with Gasteiger partial charge in [-0.2, -0.15) is 0 Å². The number of Topliss-reactive ketones (excluding diaryl/α,β-unsaturated/α-hetero) is 1. The summed E-state index contributed by atoms with van der Waals surface area (Å²) in [6, 6.07) is 9.88. The fourth-order valence-corrected chi connectivity index (χ4v) is 3.87. The number of hydrogen-bond donors (Lipinski definition) is 1. The molecule has 2 bridgehead atoms.